The number of hydrogen-bond acceptors (Lipinski definition) is 5. The first-order valence-corrected chi connectivity index (χ1v) is 6.00. The Bertz CT molecular complexity index is 543. The summed E-state index contributed by atoms with van der Waals surface area (Å²) in [6, 6.07) is 3.24. The molecule has 5 nitrogen and oxygen atoms in total. The summed E-state index contributed by atoms with van der Waals surface area (Å²) in [4.78, 5) is 19.5. The van der Waals surface area contributed by atoms with E-state index in [-0.39, 0.29) is 12.3 Å². The van der Waals surface area contributed by atoms with Crippen LogP contribution in [0.25, 0.3) is 0 Å². The molecule has 0 radical (unpaired) electrons. The SMILES string of the molecule is Nc1nc(CC(=O)Nc2ccnc(Cl)c2)cs1. The maximum absolute atomic E-state index is 11.7. The normalized spacial score (nSPS) is 10.2. The van der Waals surface area contributed by atoms with Crippen LogP contribution in [0.4, 0.5) is 10.8 Å². The molecule has 2 aromatic rings. The second-order valence-corrected chi connectivity index (χ2v) is 4.55. The highest BCUT2D eigenvalue weighted by Gasteiger charge is 2.07. The Morgan fingerprint density at radius 2 is 2.41 bits per heavy atom. The van der Waals surface area contributed by atoms with Gasteiger partial charge in [0.2, 0.25) is 5.91 Å². The minimum atomic E-state index is -0.169. The molecule has 2 rings (SSSR count). The third-order valence-electron chi connectivity index (χ3n) is 1.92. The van der Waals surface area contributed by atoms with Crippen molar-refractivity contribution in [2.45, 2.75) is 6.42 Å². The van der Waals surface area contributed by atoms with Crippen LogP contribution in [0.15, 0.2) is 23.7 Å². The van der Waals surface area contributed by atoms with Crippen LogP contribution in [-0.2, 0) is 11.2 Å². The van der Waals surface area contributed by atoms with E-state index in [1.165, 1.54) is 17.5 Å². The van der Waals surface area contributed by atoms with Gasteiger partial charge in [0.05, 0.1) is 12.1 Å². The van der Waals surface area contributed by atoms with Crippen molar-refractivity contribution in [2.24, 2.45) is 0 Å². The third-order valence-corrected chi connectivity index (χ3v) is 2.85. The van der Waals surface area contributed by atoms with Crippen molar-refractivity contribution < 1.29 is 4.79 Å². The second-order valence-electron chi connectivity index (χ2n) is 3.27. The highest BCUT2D eigenvalue weighted by atomic mass is 35.5. The van der Waals surface area contributed by atoms with Crippen molar-refractivity contribution in [3.05, 3.63) is 34.6 Å². The molecule has 0 aliphatic carbocycles. The molecule has 7 heteroatoms. The number of carbonyl (C=O) groups is 1. The zero-order chi connectivity index (χ0) is 12.3. The number of halogens is 1. The number of hydrogen-bond donors (Lipinski definition) is 2. The van der Waals surface area contributed by atoms with Crippen LogP contribution < -0.4 is 11.1 Å². The summed E-state index contributed by atoms with van der Waals surface area (Å²) in [7, 11) is 0. The maximum Gasteiger partial charge on any atom is 0.230 e. The summed E-state index contributed by atoms with van der Waals surface area (Å²) in [6.07, 6.45) is 1.71. The van der Waals surface area contributed by atoms with Crippen molar-refractivity contribution >= 4 is 39.7 Å². The molecule has 3 N–H and O–H groups in total. The van der Waals surface area contributed by atoms with E-state index in [2.05, 4.69) is 15.3 Å². The highest BCUT2D eigenvalue weighted by molar-refractivity contribution is 7.13. The molecule has 2 aromatic heterocycles. The van der Waals surface area contributed by atoms with Gasteiger partial charge in [0.1, 0.15) is 5.15 Å². The molecule has 1 amide bonds. The van der Waals surface area contributed by atoms with Crippen molar-refractivity contribution in [1.82, 2.24) is 9.97 Å². The number of anilines is 2. The Balaban J connectivity index is 1.98. The van der Waals surface area contributed by atoms with E-state index < -0.39 is 0 Å². The van der Waals surface area contributed by atoms with E-state index in [1.54, 1.807) is 17.5 Å². The molecule has 0 spiro atoms. The van der Waals surface area contributed by atoms with Crippen LogP contribution in [0.3, 0.4) is 0 Å². The number of nitrogens with one attached hydrogen (secondary N) is 1. The van der Waals surface area contributed by atoms with Gasteiger partial charge in [0.15, 0.2) is 5.13 Å². The standard InChI is InChI=1S/C10H9ClN4OS/c11-8-3-6(1-2-13-8)14-9(16)4-7-5-17-10(12)15-7/h1-3,5H,4H2,(H2,12,15)(H,13,14,16). The Hall–Kier alpha value is -1.66. The minimum Gasteiger partial charge on any atom is -0.375 e. The lowest BCUT2D eigenvalue weighted by Gasteiger charge is -2.03. The minimum absolute atomic E-state index is 0.169. The van der Waals surface area contributed by atoms with Crippen LogP contribution in [0.5, 0.6) is 0 Å². The van der Waals surface area contributed by atoms with Gasteiger partial charge >= 0.3 is 0 Å². The molecule has 0 saturated carbocycles. The summed E-state index contributed by atoms with van der Waals surface area (Å²) in [6.45, 7) is 0. The van der Waals surface area contributed by atoms with Gasteiger partial charge in [-0.15, -0.1) is 11.3 Å². The zero-order valence-electron chi connectivity index (χ0n) is 8.68. The van der Waals surface area contributed by atoms with Gasteiger partial charge in [-0.1, -0.05) is 11.6 Å². The van der Waals surface area contributed by atoms with E-state index >= 15 is 0 Å². The molecule has 0 aliphatic rings. The predicted molar refractivity (Wildman–Crippen MR) is 68.1 cm³/mol. The van der Waals surface area contributed by atoms with Crippen molar-refractivity contribution in [3.8, 4) is 0 Å². The van der Waals surface area contributed by atoms with Gasteiger partial charge in [-0.2, -0.15) is 0 Å². The number of pyridine rings is 1. The van der Waals surface area contributed by atoms with Crippen LogP contribution >= 0.6 is 22.9 Å². The number of carbonyl (C=O) groups excluding carboxylic acids is 1. The first kappa shape index (κ1) is 11.8. The first-order chi connectivity index (χ1) is 8.13. The molecule has 0 saturated heterocycles. The molecule has 17 heavy (non-hydrogen) atoms. The molecule has 0 atom stereocenters. The van der Waals surface area contributed by atoms with Crippen LogP contribution in [-0.4, -0.2) is 15.9 Å². The highest BCUT2D eigenvalue weighted by Crippen LogP contribution is 2.14. The largest absolute Gasteiger partial charge is 0.375 e. The molecule has 0 bridgehead atoms. The molecule has 88 valence electrons. The number of nitrogens with zero attached hydrogens (tertiary/aromatic N) is 2. The summed E-state index contributed by atoms with van der Waals surface area (Å²) < 4.78 is 0. The van der Waals surface area contributed by atoms with Crippen LogP contribution in [0.2, 0.25) is 5.15 Å². The van der Waals surface area contributed by atoms with Gasteiger partial charge in [-0.3, -0.25) is 4.79 Å². The summed E-state index contributed by atoms with van der Waals surface area (Å²) in [5.41, 5.74) is 6.74. The summed E-state index contributed by atoms with van der Waals surface area (Å²) >= 11 is 7.01. The van der Waals surface area contributed by atoms with Crippen molar-refractivity contribution in [1.29, 1.82) is 0 Å². The monoisotopic (exact) mass is 268 g/mol. The number of nitrogen functional groups attached to an aromatic ring is 1. The number of thiazole rings is 1. The van der Waals surface area contributed by atoms with Gasteiger partial charge in [0.25, 0.3) is 0 Å². The first-order valence-electron chi connectivity index (χ1n) is 4.75. The molecule has 0 aromatic carbocycles. The molecular weight excluding hydrogens is 260 g/mol. The van der Waals surface area contributed by atoms with E-state index in [1.807, 2.05) is 0 Å². The molecule has 0 aliphatic heterocycles. The number of aromatic nitrogens is 2. The van der Waals surface area contributed by atoms with E-state index in [0.29, 0.717) is 21.7 Å². The smallest absolute Gasteiger partial charge is 0.230 e. The van der Waals surface area contributed by atoms with Gasteiger partial charge < -0.3 is 11.1 Å². The topological polar surface area (TPSA) is 80.9 Å². The molecule has 2 heterocycles. The molecule has 0 fully saturated rings. The second kappa shape index (κ2) is 5.11. The molecular formula is C10H9ClN4OS. The number of amides is 1. The van der Waals surface area contributed by atoms with Gasteiger partial charge in [-0.05, 0) is 12.1 Å². The van der Waals surface area contributed by atoms with Crippen molar-refractivity contribution in [2.75, 3.05) is 11.1 Å². The Morgan fingerprint density at radius 1 is 1.59 bits per heavy atom. The zero-order valence-corrected chi connectivity index (χ0v) is 10.3. The average molecular weight is 269 g/mol. The summed E-state index contributed by atoms with van der Waals surface area (Å²) in [5, 5.41) is 5.25. The Labute approximate surface area is 107 Å². The van der Waals surface area contributed by atoms with Gasteiger partial charge in [0, 0.05) is 17.3 Å². The lowest BCUT2D eigenvalue weighted by atomic mass is 10.3. The third kappa shape index (κ3) is 3.40. The summed E-state index contributed by atoms with van der Waals surface area (Å²) in [5.74, 6) is -0.169. The number of nitrogens with two attached hydrogens (primary N) is 1. The predicted octanol–water partition coefficient (Wildman–Crippen LogP) is 1.95. The maximum atomic E-state index is 11.7. The fraction of sp³-hybridized carbons (Fsp3) is 0.100. The van der Waals surface area contributed by atoms with Crippen molar-refractivity contribution in [3.63, 3.8) is 0 Å². The Morgan fingerprint density at radius 3 is 3.06 bits per heavy atom. The Kier molecular flexibility index (Phi) is 3.55. The van der Waals surface area contributed by atoms with E-state index in [4.69, 9.17) is 17.3 Å². The fourth-order valence-corrected chi connectivity index (χ4v) is 1.99. The number of rotatable bonds is 3. The quantitative estimate of drug-likeness (QED) is 0.834. The van der Waals surface area contributed by atoms with E-state index in [9.17, 15) is 4.79 Å². The van der Waals surface area contributed by atoms with Gasteiger partial charge in [-0.25, -0.2) is 9.97 Å². The average Bonchev–Trinajstić information content (AvgIpc) is 2.63. The van der Waals surface area contributed by atoms with E-state index in [0.717, 1.165) is 0 Å². The lowest BCUT2D eigenvalue weighted by Crippen LogP contribution is -2.14. The van der Waals surface area contributed by atoms with Crippen LogP contribution in [0.1, 0.15) is 5.69 Å². The lowest BCUT2D eigenvalue weighted by molar-refractivity contribution is -0.115. The molecule has 0 unspecified atom stereocenters. The fourth-order valence-electron chi connectivity index (χ4n) is 1.25. The van der Waals surface area contributed by atoms with Crippen LogP contribution in [0, 0.1) is 0 Å².